The largest absolute Gasteiger partial charge is 0.483 e. The fraction of sp³-hybridized carbons (Fsp3) is 0.636. The van der Waals surface area contributed by atoms with Crippen molar-refractivity contribution in [1.29, 1.82) is 0 Å². The van der Waals surface area contributed by atoms with Gasteiger partial charge in [0.05, 0.1) is 23.9 Å². The smallest absolute Gasteiger partial charge is 0.290 e. The van der Waals surface area contributed by atoms with Crippen LogP contribution in [0, 0.1) is 19.8 Å². The van der Waals surface area contributed by atoms with Gasteiger partial charge in [-0.2, -0.15) is 0 Å². The Morgan fingerprint density at radius 1 is 1.19 bits per heavy atom. The summed E-state index contributed by atoms with van der Waals surface area (Å²) in [4.78, 5) is 39.4. The third-order valence-electron chi connectivity index (χ3n) is 5.65. The number of nitrogens with zero attached hydrogens (tertiary/aromatic N) is 2. The van der Waals surface area contributed by atoms with E-state index in [1.807, 2.05) is 26.0 Å². The minimum Gasteiger partial charge on any atom is -0.483 e. The molecule has 9 nitrogen and oxygen atoms in total. The van der Waals surface area contributed by atoms with Crippen LogP contribution >= 0.6 is 0 Å². The molecule has 0 aliphatic carbocycles. The summed E-state index contributed by atoms with van der Waals surface area (Å²) in [7, 11) is 0. The molecule has 2 saturated heterocycles. The Hall–Kier alpha value is -2.52. The quantitative estimate of drug-likeness (QED) is 0.550. The molecule has 1 atom stereocenters. The predicted octanol–water partition coefficient (Wildman–Crippen LogP) is 1.14. The molecule has 0 saturated carbocycles. The van der Waals surface area contributed by atoms with Crippen molar-refractivity contribution >= 4 is 18.3 Å². The lowest BCUT2D eigenvalue weighted by molar-refractivity contribution is -0.123. The predicted molar refractivity (Wildman–Crippen MR) is 116 cm³/mol. The first-order chi connectivity index (χ1) is 14.9. The third kappa shape index (κ3) is 8.63. The first kappa shape index (κ1) is 24.7. The fourth-order valence-electron chi connectivity index (χ4n) is 3.90. The van der Waals surface area contributed by atoms with E-state index in [2.05, 4.69) is 20.5 Å². The molecule has 31 heavy (non-hydrogen) atoms. The molecule has 2 aliphatic heterocycles. The number of likely N-dealkylation sites (tertiary alicyclic amines) is 1. The number of aromatic nitrogens is 1. The summed E-state index contributed by atoms with van der Waals surface area (Å²) in [5.74, 6) is 0.472. The number of carbonyl (C=O) groups excluding carboxylic acids is 2. The SMILES string of the molecule is Cc1ccc(C(=O)NCC2CCN(CC(=O)NCC3CCCO3)CC2)c(C)n1.O=CO. The van der Waals surface area contributed by atoms with Gasteiger partial charge in [0.1, 0.15) is 0 Å². The lowest BCUT2D eigenvalue weighted by Gasteiger charge is -2.31. The number of hydrogen-bond donors (Lipinski definition) is 3. The molecule has 0 spiro atoms. The van der Waals surface area contributed by atoms with Gasteiger partial charge in [0, 0.05) is 25.4 Å². The number of carbonyl (C=O) groups is 3. The topological polar surface area (TPSA) is 121 Å². The number of carboxylic acid groups (broad SMARTS) is 1. The van der Waals surface area contributed by atoms with Crippen molar-refractivity contribution in [2.45, 2.75) is 45.6 Å². The molecule has 2 amide bonds. The van der Waals surface area contributed by atoms with Gasteiger partial charge in [-0.15, -0.1) is 0 Å². The number of aryl methyl sites for hydroxylation is 2. The first-order valence-electron chi connectivity index (χ1n) is 10.8. The average molecular weight is 435 g/mol. The molecule has 2 fully saturated rings. The van der Waals surface area contributed by atoms with Gasteiger partial charge in [-0.1, -0.05) is 0 Å². The number of hydrogen-bond acceptors (Lipinski definition) is 6. The Morgan fingerprint density at radius 3 is 2.52 bits per heavy atom. The van der Waals surface area contributed by atoms with Crippen LogP contribution in [0.4, 0.5) is 0 Å². The highest BCUT2D eigenvalue weighted by molar-refractivity contribution is 5.95. The number of amides is 2. The van der Waals surface area contributed by atoms with Gasteiger partial charge in [0.25, 0.3) is 12.4 Å². The number of pyridine rings is 1. The monoisotopic (exact) mass is 434 g/mol. The lowest BCUT2D eigenvalue weighted by atomic mass is 9.96. The highest BCUT2D eigenvalue weighted by Crippen LogP contribution is 2.17. The van der Waals surface area contributed by atoms with Crippen LogP contribution in [0.15, 0.2) is 12.1 Å². The van der Waals surface area contributed by atoms with Gasteiger partial charge in [0.2, 0.25) is 5.91 Å². The van der Waals surface area contributed by atoms with E-state index >= 15 is 0 Å². The summed E-state index contributed by atoms with van der Waals surface area (Å²) in [6.45, 7) is 7.86. The summed E-state index contributed by atoms with van der Waals surface area (Å²) >= 11 is 0. The molecular weight excluding hydrogens is 400 g/mol. The molecule has 0 radical (unpaired) electrons. The lowest BCUT2D eigenvalue weighted by Crippen LogP contribution is -2.44. The molecule has 2 aliphatic rings. The van der Waals surface area contributed by atoms with Gasteiger partial charge in [-0.3, -0.25) is 24.3 Å². The Bertz CT molecular complexity index is 729. The fourth-order valence-corrected chi connectivity index (χ4v) is 3.90. The minimum absolute atomic E-state index is 0.0547. The summed E-state index contributed by atoms with van der Waals surface area (Å²) < 4.78 is 5.53. The van der Waals surface area contributed by atoms with Crippen molar-refractivity contribution in [2.75, 3.05) is 39.3 Å². The summed E-state index contributed by atoms with van der Waals surface area (Å²) in [5, 5.41) is 12.9. The zero-order valence-corrected chi connectivity index (χ0v) is 18.4. The molecule has 1 aromatic rings. The molecular formula is C22H34N4O5. The molecule has 3 N–H and O–H groups in total. The highest BCUT2D eigenvalue weighted by Gasteiger charge is 2.22. The van der Waals surface area contributed by atoms with Gasteiger partial charge < -0.3 is 20.5 Å². The van der Waals surface area contributed by atoms with E-state index in [0.717, 1.165) is 56.8 Å². The van der Waals surface area contributed by atoms with Gasteiger partial charge >= 0.3 is 0 Å². The summed E-state index contributed by atoms with van der Waals surface area (Å²) in [5.41, 5.74) is 2.33. The van der Waals surface area contributed by atoms with Crippen LogP contribution in [0.1, 0.15) is 47.4 Å². The Labute approximate surface area is 183 Å². The van der Waals surface area contributed by atoms with Crippen LogP contribution in [0.5, 0.6) is 0 Å². The van der Waals surface area contributed by atoms with Crippen molar-refractivity contribution in [3.05, 3.63) is 29.1 Å². The van der Waals surface area contributed by atoms with Gasteiger partial charge in [-0.25, -0.2) is 0 Å². The second-order valence-corrected chi connectivity index (χ2v) is 8.06. The van der Waals surface area contributed by atoms with E-state index in [1.54, 1.807) is 0 Å². The molecule has 0 bridgehead atoms. The van der Waals surface area contributed by atoms with Crippen LogP contribution < -0.4 is 10.6 Å². The number of rotatable bonds is 7. The Kier molecular flexibility index (Phi) is 10.4. The maximum Gasteiger partial charge on any atom is 0.290 e. The molecule has 172 valence electrons. The van der Waals surface area contributed by atoms with Gasteiger partial charge in [0.15, 0.2) is 0 Å². The number of piperidine rings is 1. The van der Waals surface area contributed by atoms with E-state index in [4.69, 9.17) is 14.6 Å². The van der Waals surface area contributed by atoms with E-state index in [0.29, 0.717) is 31.1 Å². The minimum atomic E-state index is -0.250. The van der Waals surface area contributed by atoms with Crippen LogP contribution in [-0.2, 0) is 14.3 Å². The van der Waals surface area contributed by atoms with E-state index < -0.39 is 0 Å². The van der Waals surface area contributed by atoms with E-state index in [9.17, 15) is 9.59 Å². The standard InChI is InChI=1S/C21H32N4O3.CH2O2/c1-15-5-6-19(16(2)24-15)21(27)23-12-17-7-9-25(10-8-17)14-20(26)22-13-18-4-3-11-28-18;2-1-3/h5-6,17-18H,3-4,7-14H2,1-2H3,(H,22,26)(H,23,27);1H,(H,2,3). The number of nitrogens with one attached hydrogen (secondary N) is 2. The molecule has 0 aromatic carbocycles. The molecule has 1 unspecified atom stereocenters. The average Bonchev–Trinajstić information content (AvgIpc) is 3.26. The van der Waals surface area contributed by atoms with Crippen LogP contribution in [0.2, 0.25) is 0 Å². The second-order valence-electron chi connectivity index (χ2n) is 8.06. The van der Waals surface area contributed by atoms with E-state index in [1.165, 1.54) is 0 Å². The zero-order valence-electron chi connectivity index (χ0n) is 18.4. The third-order valence-corrected chi connectivity index (χ3v) is 5.65. The second kappa shape index (κ2) is 13.0. The molecule has 3 heterocycles. The maximum absolute atomic E-state index is 12.4. The normalized spacial score (nSPS) is 19.2. The van der Waals surface area contributed by atoms with Crippen LogP contribution in [-0.4, -0.2) is 78.7 Å². The number of ether oxygens (including phenoxy) is 1. The van der Waals surface area contributed by atoms with Crippen molar-refractivity contribution in [3.8, 4) is 0 Å². The summed E-state index contributed by atoms with van der Waals surface area (Å²) in [6, 6.07) is 3.70. The van der Waals surface area contributed by atoms with Crippen molar-refractivity contribution < 1.29 is 24.2 Å². The Morgan fingerprint density at radius 2 is 1.90 bits per heavy atom. The van der Waals surface area contributed by atoms with Gasteiger partial charge in [-0.05, 0) is 70.7 Å². The van der Waals surface area contributed by atoms with Crippen molar-refractivity contribution in [3.63, 3.8) is 0 Å². The maximum atomic E-state index is 12.4. The van der Waals surface area contributed by atoms with Crippen LogP contribution in [0.25, 0.3) is 0 Å². The molecule has 1 aromatic heterocycles. The molecule has 3 rings (SSSR count). The first-order valence-corrected chi connectivity index (χ1v) is 10.8. The van der Waals surface area contributed by atoms with E-state index in [-0.39, 0.29) is 24.4 Å². The zero-order chi connectivity index (χ0) is 22.6. The summed E-state index contributed by atoms with van der Waals surface area (Å²) in [6.07, 6.45) is 4.29. The van der Waals surface area contributed by atoms with Crippen molar-refractivity contribution in [2.24, 2.45) is 5.92 Å². The van der Waals surface area contributed by atoms with Crippen LogP contribution in [0.3, 0.4) is 0 Å². The highest BCUT2D eigenvalue weighted by atomic mass is 16.5. The molecule has 9 heteroatoms. The Balaban J connectivity index is 0.00000107. The van der Waals surface area contributed by atoms with Crippen molar-refractivity contribution in [1.82, 2.24) is 20.5 Å².